The molecule has 0 N–H and O–H groups in total. The Morgan fingerprint density at radius 1 is 0.378 bits per heavy atom. The van der Waals surface area contributed by atoms with Crippen LogP contribution in [0.15, 0.2) is 146 Å². The van der Waals surface area contributed by atoms with E-state index in [1.165, 1.54) is 71.5 Å². The molecule has 6 aromatic carbocycles. The number of benzene rings is 6. The minimum absolute atomic E-state index is 1.04. The molecule has 0 aliphatic heterocycles. The molecule has 0 amide bonds. The van der Waals surface area contributed by atoms with E-state index < -0.39 is 0 Å². The first-order valence-corrected chi connectivity index (χ1v) is 15.8. The van der Waals surface area contributed by atoms with E-state index in [1.54, 1.807) is 0 Å². The van der Waals surface area contributed by atoms with Gasteiger partial charge in [0.15, 0.2) is 0 Å². The van der Waals surface area contributed by atoms with Crippen molar-refractivity contribution in [1.29, 1.82) is 0 Å². The van der Waals surface area contributed by atoms with E-state index in [2.05, 4.69) is 165 Å². The summed E-state index contributed by atoms with van der Waals surface area (Å²) in [4.78, 5) is 0. The largest absolute Gasteiger partial charge is 0.313 e. The highest BCUT2D eigenvalue weighted by molar-refractivity contribution is 6.12. The topological polar surface area (TPSA) is 14.8 Å². The molecule has 0 bridgehead atoms. The molecular weight excluding hydrogens is 546 g/mol. The number of allylic oxidation sites excluding steroid dienone is 1. The second-order valence-electron chi connectivity index (χ2n) is 12.1. The van der Waals surface area contributed by atoms with Crippen molar-refractivity contribution in [1.82, 2.24) is 13.7 Å². The Bertz CT molecular complexity index is 2590. The van der Waals surface area contributed by atoms with Crippen LogP contribution in [-0.2, 0) is 6.42 Å². The van der Waals surface area contributed by atoms with Gasteiger partial charge in [-0.2, -0.15) is 0 Å². The molecule has 9 aromatic rings. The SMILES string of the molecule is C1=Cc2c(n(-c3ccc4c5ccc(-n6c7ccccc7c7ccccc76)cc5n(-c5ccccc5)c4c3)c3ccccc23)CC1. The fraction of sp³-hybridized carbons (Fsp3) is 0.0476. The number of hydrogen-bond donors (Lipinski definition) is 0. The van der Waals surface area contributed by atoms with Crippen molar-refractivity contribution < 1.29 is 0 Å². The van der Waals surface area contributed by atoms with Gasteiger partial charge in [0.05, 0.1) is 27.6 Å². The smallest absolute Gasteiger partial charge is 0.0561 e. The predicted molar refractivity (Wildman–Crippen MR) is 189 cm³/mol. The second-order valence-corrected chi connectivity index (χ2v) is 12.1. The summed E-state index contributed by atoms with van der Waals surface area (Å²) >= 11 is 0. The van der Waals surface area contributed by atoms with E-state index in [4.69, 9.17) is 0 Å². The van der Waals surface area contributed by atoms with E-state index in [-0.39, 0.29) is 0 Å². The van der Waals surface area contributed by atoms with Gasteiger partial charge in [-0.25, -0.2) is 0 Å². The van der Waals surface area contributed by atoms with Gasteiger partial charge in [0.2, 0.25) is 0 Å². The third-order valence-corrected chi connectivity index (χ3v) is 9.69. The Labute approximate surface area is 260 Å². The van der Waals surface area contributed by atoms with Gasteiger partial charge in [-0.05, 0) is 67.4 Å². The molecular formula is C42H29N3. The van der Waals surface area contributed by atoms with Crippen LogP contribution in [0.25, 0.3) is 77.7 Å². The average Bonchev–Trinajstić information content (AvgIpc) is 3.74. The molecule has 45 heavy (non-hydrogen) atoms. The maximum absolute atomic E-state index is 2.49. The van der Waals surface area contributed by atoms with Crippen LogP contribution in [0.2, 0.25) is 0 Å². The number of aromatic nitrogens is 3. The molecule has 1 aliphatic carbocycles. The Balaban J connectivity index is 1.28. The summed E-state index contributed by atoms with van der Waals surface area (Å²) in [6, 6.07) is 51.1. The lowest BCUT2D eigenvalue weighted by Gasteiger charge is -2.14. The standard InChI is InChI=1S/C42H29N3/c1-2-12-28(13-3-1)43-41-26-29(44-37-18-8-4-14-31(37)32-15-5-9-19-38(32)44)22-24-35(41)36-25-23-30(27-42(36)43)45-39-20-10-6-16-33(39)34-17-7-11-21-40(34)45/h1-10,12-20,22-27H,11,21H2. The number of fused-ring (bicyclic) bond motifs is 9. The summed E-state index contributed by atoms with van der Waals surface area (Å²) in [7, 11) is 0. The Kier molecular flexibility index (Phi) is 5.11. The summed E-state index contributed by atoms with van der Waals surface area (Å²) < 4.78 is 7.35. The molecule has 0 saturated heterocycles. The fourth-order valence-corrected chi connectivity index (χ4v) is 7.80. The summed E-state index contributed by atoms with van der Waals surface area (Å²) in [5.41, 5.74) is 12.4. The molecule has 0 spiro atoms. The zero-order chi connectivity index (χ0) is 29.5. The molecule has 3 nitrogen and oxygen atoms in total. The molecule has 0 saturated carbocycles. The van der Waals surface area contributed by atoms with Gasteiger partial charge in [0, 0.05) is 55.3 Å². The number of hydrogen-bond acceptors (Lipinski definition) is 0. The van der Waals surface area contributed by atoms with Gasteiger partial charge in [-0.15, -0.1) is 0 Å². The van der Waals surface area contributed by atoms with Crippen molar-refractivity contribution in [2.24, 2.45) is 0 Å². The maximum Gasteiger partial charge on any atom is 0.0561 e. The van der Waals surface area contributed by atoms with Crippen molar-refractivity contribution in [2.75, 3.05) is 0 Å². The minimum Gasteiger partial charge on any atom is -0.313 e. The molecule has 3 heterocycles. The van der Waals surface area contributed by atoms with Crippen LogP contribution in [0.4, 0.5) is 0 Å². The first-order chi connectivity index (χ1) is 22.3. The van der Waals surface area contributed by atoms with E-state index in [0.29, 0.717) is 0 Å². The highest BCUT2D eigenvalue weighted by Crippen LogP contribution is 2.39. The van der Waals surface area contributed by atoms with Gasteiger partial charge < -0.3 is 13.7 Å². The second kappa shape index (κ2) is 9.35. The molecule has 0 unspecified atom stereocenters. The predicted octanol–water partition coefficient (Wildman–Crippen LogP) is 10.8. The molecule has 212 valence electrons. The van der Waals surface area contributed by atoms with E-state index in [1.807, 2.05) is 0 Å². The van der Waals surface area contributed by atoms with Crippen molar-refractivity contribution in [2.45, 2.75) is 12.8 Å². The summed E-state index contributed by atoms with van der Waals surface area (Å²) in [5.74, 6) is 0. The van der Waals surface area contributed by atoms with E-state index >= 15 is 0 Å². The lowest BCUT2D eigenvalue weighted by atomic mass is 10.0. The number of nitrogens with zero attached hydrogens (tertiary/aromatic N) is 3. The molecule has 1 aliphatic rings. The van der Waals surface area contributed by atoms with Gasteiger partial charge in [0.25, 0.3) is 0 Å². The zero-order valence-electron chi connectivity index (χ0n) is 24.7. The lowest BCUT2D eigenvalue weighted by Crippen LogP contribution is -2.03. The van der Waals surface area contributed by atoms with Crippen LogP contribution in [-0.4, -0.2) is 13.7 Å². The quantitative estimate of drug-likeness (QED) is 0.199. The van der Waals surface area contributed by atoms with E-state index in [0.717, 1.165) is 24.2 Å². The molecule has 10 rings (SSSR count). The van der Waals surface area contributed by atoms with Gasteiger partial charge >= 0.3 is 0 Å². The van der Waals surface area contributed by atoms with Crippen LogP contribution in [0.5, 0.6) is 0 Å². The van der Waals surface area contributed by atoms with Crippen LogP contribution in [0, 0.1) is 0 Å². The third kappa shape index (κ3) is 3.46. The average molecular weight is 576 g/mol. The maximum atomic E-state index is 2.49. The van der Waals surface area contributed by atoms with Crippen LogP contribution in [0.1, 0.15) is 17.7 Å². The lowest BCUT2D eigenvalue weighted by molar-refractivity contribution is 0.889. The van der Waals surface area contributed by atoms with Crippen molar-refractivity contribution >= 4 is 60.6 Å². The summed E-state index contributed by atoms with van der Waals surface area (Å²) in [6.07, 6.45) is 6.74. The van der Waals surface area contributed by atoms with Gasteiger partial charge in [-0.3, -0.25) is 0 Å². The van der Waals surface area contributed by atoms with Crippen LogP contribution >= 0.6 is 0 Å². The van der Waals surface area contributed by atoms with E-state index in [9.17, 15) is 0 Å². The van der Waals surface area contributed by atoms with Gasteiger partial charge in [0.1, 0.15) is 0 Å². The molecule has 0 radical (unpaired) electrons. The van der Waals surface area contributed by atoms with Crippen LogP contribution < -0.4 is 0 Å². The molecule has 0 atom stereocenters. The molecule has 3 aromatic heterocycles. The monoisotopic (exact) mass is 575 g/mol. The first-order valence-electron chi connectivity index (χ1n) is 15.8. The highest BCUT2D eigenvalue weighted by Gasteiger charge is 2.21. The zero-order valence-corrected chi connectivity index (χ0v) is 24.7. The van der Waals surface area contributed by atoms with Crippen molar-refractivity contribution in [3.8, 4) is 17.1 Å². The van der Waals surface area contributed by atoms with Crippen molar-refractivity contribution in [3.05, 3.63) is 157 Å². The van der Waals surface area contributed by atoms with Crippen LogP contribution in [0.3, 0.4) is 0 Å². The number of rotatable bonds is 3. The fourth-order valence-electron chi connectivity index (χ4n) is 7.80. The summed E-state index contributed by atoms with van der Waals surface area (Å²) in [6.45, 7) is 0. The third-order valence-electron chi connectivity index (χ3n) is 9.69. The normalized spacial score (nSPS) is 13.1. The van der Waals surface area contributed by atoms with Gasteiger partial charge in [-0.1, -0.05) is 97.1 Å². The summed E-state index contributed by atoms with van der Waals surface area (Å²) in [5, 5.41) is 6.39. The minimum atomic E-state index is 1.04. The number of para-hydroxylation sites is 4. The molecule has 0 fully saturated rings. The highest BCUT2D eigenvalue weighted by atomic mass is 15.0. The molecule has 3 heteroatoms. The Morgan fingerprint density at radius 2 is 0.867 bits per heavy atom. The van der Waals surface area contributed by atoms with Crippen molar-refractivity contribution in [3.63, 3.8) is 0 Å². The Hall–Kier alpha value is -5.80. The Morgan fingerprint density at radius 3 is 1.51 bits per heavy atom. The first kappa shape index (κ1) is 24.6.